The van der Waals surface area contributed by atoms with Crippen LogP contribution >= 0.6 is 34.8 Å². The Kier molecular flexibility index (Phi) is 5.04. The number of halogens is 4. The van der Waals surface area contributed by atoms with Crippen molar-refractivity contribution >= 4 is 40.7 Å². The molecular formula is C14H10Cl3FN2O. The van der Waals surface area contributed by atoms with Crippen molar-refractivity contribution in [3.63, 3.8) is 0 Å². The lowest BCUT2D eigenvalue weighted by atomic mass is 10.2. The van der Waals surface area contributed by atoms with Gasteiger partial charge in [-0.1, -0.05) is 40.9 Å². The van der Waals surface area contributed by atoms with Crippen LogP contribution < -0.4 is 0 Å². The van der Waals surface area contributed by atoms with Crippen molar-refractivity contribution in [1.82, 2.24) is 9.88 Å². The van der Waals surface area contributed by atoms with E-state index in [0.29, 0.717) is 0 Å². The second-order valence-corrected chi connectivity index (χ2v) is 5.53. The van der Waals surface area contributed by atoms with Crippen LogP contribution in [0.25, 0.3) is 0 Å². The minimum absolute atomic E-state index is 0.0323. The number of benzene rings is 1. The van der Waals surface area contributed by atoms with E-state index < -0.39 is 5.82 Å². The average molecular weight is 348 g/mol. The molecule has 2 rings (SSSR count). The van der Waals surface area contributed by atoms with Crippen molar-refractivity contribution in [2.24, 2.45) is 0 Å². The second-order valence-electron chi connectivity index (χ2n) is 4.36. The fraction of sp³-hybridized carbons (Fsp3) is 0.143. The summed E-state index contributed by atoms with van der Waals surface area (Å²) in [4.78, 5) is 17.4. The monoisotopic (exact) mass is 346 g/mol. The van der Waals surface area contributed by atoms with E-state index in [9.17, 15) is 9.18 Å². The van der Waals surface area contributed by atoms with E-state index in [4.69, 9.17) is 34.8 Å². The van der Waals surface area contributed by atoms with E-state index in [1.807, 2.05) is 0 Å². The van der Waals surface area contributed by atoms with Gasteiger partial charge >= 0.3 is 0 Å². The van der Waals surface area contributed by atoms with Crippen molar-refractivity contribution in [3.8, 4) is 0 Å². The highest BCUT2D eigenvalue weighted by molar-refractivity contribution is 6.41. The van der Waals surface area contributed by atoms with Gasteiger partial charge in [-0.25, -0.2) is 9.37 Å². The number of rotatable bonds is 3. The largest absolute Gasteiger partial charge is 0.337 e. The molecule has 0 spiro atoms. The molecular weight excluding hydrogens is 338 g/mol. The zero-order chi connectivity index (χ0) is 15.6. The SMILES string of the molecule is CN(Cc1c(F)cccc1Cl)C(=O)c1cnc(Cl)c(Cl)c1. The summed E-state index contributed by atoms with van der Waals surface area (Å²) in [7, 11) is 1.54. The molecule has 0 unspecified atom stereocenters. The standard InChI is InChI=1S/C14H10Cl3FN2O/c1-20(7-9-10(15)3-2-4-12(9)18)14(21)8-5-11(16)13(17)19-6-8/h2-6H,7H2,1H3. The van der Waals surface area contributed by atoms with Gasteiger partial charge in [-0.2, -0.15) is 0 Å². The summed E-state index contributed by atoms with van der Waals surface area (Å²) >= 11 is 17.5. The number of hydrogen-bond acceptors (Lipinski definition) is 2. The van der Waals surface area contributed by atoms with Crippen LogP contribution in [0.5, 0.6) is 0 Å². The fourth-order valence-corrected chi connectivity index (χ4v) is 2.24. The summed E-state index contributed by atoms with van der Waals surface area (Å²) in [6, 6.07) is 5.78. The van der Waals surface area contributed by atoms with Crippen LogP contribution in [0.1, 0.15) is 15.9 Å². The molecule has 0 fully saturated rings. The minimum atomic E-state index is -0.464. The summed E-state index contributed by atoms with van der Waals surface area (Å²) < 4.78 is 13.7. The maximum Gasteiger partial charge on any atom is 0.255 e. The second kappa shape index (κ2) is 6.60. The van der Waals surface area contributed by atoms with Gasteiger partial charge in [-0.15, -0.1) is 0 Å². The van der Waals surface area contributed by atoms with Crippen molar-refractivity contribution in [2.45, 2.75) is 6.54 Å². The van der Waals surface area contributed by atoms with Gasteiger partial charge in [0.1, 0.15) is 11.0 Å². The first-order chi connectivity index (χ1) is 9.90. The Morgan fingerprint density at radius 2 is 2.00 bits per heavy atom. The van der Waals surface area contributed by atoms with Gasteiger partial charge in [0, 0.05) is 30.4 Å². The van der Waals surface area contributed by atoms with Crippen LogP contribution in [-0.4, -0.2) is 22.8 Å². The maximum atomic E-state index is 13.7. The molecule has 2 aromatic rings. The van der Waals surface area contributed by atoms with Gasteiger partial charge in [0.25, 0.3) is 5.91 Å². The molecule has 0 saturated heterocycles. The number of nitrogens with zero attached hydrogens (tertiary/aromatic N) is 2. The van der Waals surface area contributed by atoms with Crippen LogP contribution in [0.15, 0.2) is 30.5 Å². The van der Waals surface area contributed by atoms with E-state index in [0.717, 1.165) is 0 Å². The summed E-state index contributed by atoms with van der Waals surface area (Å²) in [5.74, 6) is -0.824. The molecule has 3 nitrogen and oxygen atoms in total. The number of carbonyl (C=O) groups excluding carboxylic acids is 1. The van der Waals surface area contributed by atoms with Crippen molar-refractivity contribution in [2.75, 3.05) is 7.05 Å². The summed E-state index contributed by atoms with van der Waals surface area (Å²) in [5.41, 5.74) is 0.516. The summed E-state index contributed by atoms with van der Waals surface area (Å²) in [5, 5.41) is 0.565. The van der Waals surface area contributed by atoms with Gasteiger partial charge in [0.2, 0.25) is 0 Å². The van der Waals surface area contributed by atoms with Crippen LogP contribution in [0.2, 0.25) is 15.2 Å². The molecule has 1 amide bonds. The molecule has 110 valence electrons. The maximum absolute atomic E-state index is 13.7. The summed E-state index contributed by atoms with van der Waals surface area (Å²) in [6.07, 6.45) is 1.32. The number of pyridine rings is 1. The fourth-order valence-electron chi connectivity index (χ4n) is 1.75. The lowest BCUT2D eigenvalue weighted by Crippen LogP contribution is -2.27. The third-order valence-electron chi connectivity index (χ3n) is 2.85. The molecule has 7 heteroatoms. The molecule has 0 aliphatic heterocycles. The Hall–Kier alpha value is -1.36. The van der Waals surface area contributed by atoms with Crippen molar-refractivity contribution < 1.29 is 9.18 Å². The van der Waals surface area contributed by atoms with Crippen LogP contribution in [-0.2, 0) is 6.54 Å². The third kappa shape index (κ3) is 3.64. The number of aromatic nitrogens is 1. The minimum Gasteiger partial charge on any atom is -0.337 e. The molecule has 1 heterocycles. The Morgan fingerprint density at radius 3 is 2.62 bits per heavy atom. The summed E-state index contributed by atoms with van der Waals surface area (Å²) in [6.45, 7) is 0.0323. The molecule has 1 aromatic heterocycles. The molecule has 0 aliphatic carbocycles. The van der Waals surface area contributed by atoms with Crippen molar-refractivity contribution in [3.05, 3.63) is 62.6 Å². The quantitative estimate of drug-likeness (QED) is 0.768. The van der Waals surface area contributed by atoms with Crippen LogP contribution in [0.4, 0.5) is 4.39 Å². The molecule has 0 aliphatic rings. The Morgan fingerprint density at radius 1 is 1.29 bits per heavy atom. The zero-order valence-electron chi connectivity index (χ0n) is 10.9. The third-order valence-corrected chi connectivity index (χ3v) is 3.89. The topological polar surface area (TPSA) is 33.2 Å². The normalized spacial score (nSPS) is 10.5. The van der Waals surface area contributed by atoms with Crippen LogP contribution in [0.3, 0.4) is 0 Å². The van der Waals surface area contributed by atoms with E-state index in [2.05, 4.69) is 4.98 Å². The molecule has 0 radical (unpaired) electrons. The predicted molar refractivity (Wildman–Crippen MR) is 81.5 cm³/mol. The highest BCUT2D eigenvalue weighted by Crippen LogP contribution is 2.23. The highest BCUT2D eigenvalue weighted by atomic mass is 35.5. The van der Waals surface area contributed by atoms with Gasteiger partial charge in [-0.05, 0) is 18.2 Å². The zero-order valence-corrected chi connectivity index (χ0v) is 13.2. The van der Waals surface area contributed by atoms with Gasteiger partial charge < -0.3 is 4.90 Å². The Bertz CT molecular complexity index is 674. The van der Waals surface area contributed by atoms with E-state index >= 15 is 0 Å². The lowest BCUT2D eigenvalue weighted by Gasteiger charge is -2.18. The van der Waals surface area contributed by atoms with Crippen LogP contribution in [0, 0.1) is 5.82 Å². The van der Waals surface area contributed by atoms with Gasteiger partial charge in [0.15, 0.2) is 0 Å². The molecule has 0 N–H and O–H groups in total. The predicted octanol–water partition coefficient (Wildman–Crippen LogP) is 4.45. The van der Waals surface area contributed by atoms with Gasteiger partial charge in [0.05, 0.1) is 10.6 Å². The molecule has 21 heavy (non-hydrogen) atoms. The lowest BCUT2D eigenvalue weighted by molar-refractivity contribution is 0.0783. The first-order valence-corrected chi connectivity index (χ1v) is 7.03. The molecule has 0 saturated carbocycles. The number of carbonyl (C=O) groups is 1. The van der Waals surface area contributed by atoms with E-state index in [1.165, 1.54) is 36.3 Å². The van der Waals surface area contributed by atoms with E-state index in [-0.39, 0.29) is 38.8 Å². The Labute approximate surface area is 136 Å². The molecule has 0 atom stereocenters. The van der Waals surface area contributed by atoms with Gasteiger partial charge in [-0.3, -0.25) is 4.79 Å². The first-order valence-electron chi connectivity index (χ1n) is 5.89. The number of amides is 1. The Balaban J connectivity index is 2.21. The average Bonchev–Trinajstić information content (AvgIpc) is 2.45. The number of hydrogen-bond donors (Lipinski definition) is 0. The smallest absolute Gasteiger partial charge is 0.255 e. The molecule has 1 aromatic carbocycles. The van der Waals surface area contributed by atoms with Crippen molar-refractivity contribution in [1.29, 1.82) is 0 Å². The van der Waals surface area contributed by atoms with E-state index in [1.54, 1.807) is 6.07 Å². The first kappa shape index (κ1) is 16.0. The molecule has 0 bridgehead atoms. The highest BCUT2D eigenvalue weighted by Gasteiger charge is 2.17.